The van der Waals surface area contributed by atoms with Gasteiger partial charge in [0.1, 0.15) is 6.04 Å². The Morgan fingerprint density at radius 1 is 1.15 bits per heavy atom. The molecule has 0 aliphatic rings. The molecule has 0 aliphatic carbocycles. The number of esters is 1. The highest BCUT2D eigenvalue weighted by atomic mass is 19.4. The second-order valence-electron chi connectivity index (χ2n) is 5.98. The van der Waals surface area contributed by atoms with E-state index in [0.717, 1.165) is 23.4 Å². The quantitative estimate of drug-likeness (QED) is 0.761. The molecule has 2 aromatic rings. The average molecular weight is 366 g/mol. The summed E-state index contributed by atoms with van der Waals surface area (Å²) in [6.07, 6.45) is -4.07. The Morgan fingerprint density at radius 2 is 1.77 bits per heavy atom. The minimum atomic E-state index is -4.36. The van der Waals surface area contributed by atoms with Crippen molar-refractivity contribution in [3.8, 4) is 0 Å². The van der Waals surface area contributed by atoms with Crippen molar-refractivity contribution in [3.05, 3.63) is 65.2 Å². The average Bonchev–Trinajstić information content (AvgIpc) is 2.61. The second kappa shape index (κ2) is 8.23. The van der Waals surface area contributed by atoms with Crippen LogP contribution in [-0.4, -0.2) is 19.1 Å². The highest BCUT2D eigenvalue weighted by Gasteiger charge is 2.30. The smallest absolute Gasteiger partial charge is 0.416 e. The summed E-state index contributed by atoms with van der Waals surface area (Å²) in [5.74, 6) is -0.504. The van der Waals surface area contributed by atoms with Crippen LogP contribution in [0.4, 0.5) is 18.9 Å². The van der Waals surface area contributed by atoms with Gasteiger partial charge >= 0.3 is 12.1 Å². The fourth-order valence-corrected chi connectivity index (χ4v) is 2.59. The molecule has 0 amide bonds. The first-order valence-electron chi connectivity index (χ1n) is 8.07. The molecule has 0 aliphatic heterocycles. The molecule has 4 nitrogen and oxygen atoms in total. The molecule has 0 fully saturated rings. The van der Waals surface area contributed by atoms with Crippen LogP contribution in [0.1, 0.15) is 29.7 Å². The molecule has 26 heavy (non-hydrogen) atoms. The molecule has 0 bridgehead atoms. The molecular formula is C19H21F3N2O2. The Bertz CT molecular complexity index is 745. The molecule has 7 heteroatoms. The van der Waals surface area contributed by atoms with Crippen LogP contribution in [0.15, 0.2) is 48.5 Å². The van der Waals surface area contributed by atoms with Crippen molar-refractivity contribution in [1.82, 2.24) is 0 Å². The van der Waals surface area contributed by atoms with Gasteiger partial charge in [-0.15, -0.1) is 0 Å². The molecule has 3 N–H and O–H groups in total. The number of ether oxygens (including phenoxy) is 1. The fourth-order valence-electron chi connectivity index (χ4n) is 2.59. The summed E-state index contributed by atoms with van der Waals surface area (Å²) < 4.78 is 42.7. The Hall–Kier alpha value is -2.54. The SMILES string of the molecule is COC(=O)[C@@H](N)Cc1ccccc1NC(C)c1ccc(C(F)(F)F)cc1. The minimum absolute atomic E-state index is 0.229. The van der Waals surface area contributed by atoms with Gasteiger partial charge in [-0.3, -0.25) is 4.79 Å². The first-order chi connectivity index (χ1) is 12.2. The zero-order valence-electron chi connectivity index (χ0n) is 14.5. The third kappa shape index (κ3) is 4.98. The number of benzene rings is 2. The fraction of sp³-hybridized carbons (Fsp3) is 0.316. The predicted molar refractivity (Wildman–Crippen MR) is 93.6 cm³/mol. The molecule has 0 aromatic heterocycles. The van der Waals surface area contributed by atoms with Crippen LogP contribution in [0.25, 0.3) is 0 Å². The second-order valence-corrected chi connectivity index (χ2v) is 5.98. The lowest BCUT2D eigenvalue weighted by molar-refractivity contribution is -0.142. The molecular weight excluding hydrogens is 345 g/mol. The van der Waals surface area contributed by atoms with Gasteiger partial charge in [0.15, 0.2) is 0 Å². The molecule has 1 unspecified atom stereocenters. The van der Waals surface area contributed by atoms with Gasteiger partial charge in [-0.2, -0.15) is 13.2 Å². The summed E-state index contributed by atoms with van der Waals surface area (Å²) in [5, 5.41) is 3.26. The molecule has 140 valence electrons. The van der Waals surface area contributed by atoms with Gasteiger partial charge in [-0.1, -0.05) is 30.3 Å². The van der Waals surface area contributed by atoms with E-state index in [-0.39, 0.29) is 12.5 Å². The van der Waals surface area contributed by atoms with Crippen LogP contribution in [0.3, 0.4) is 0 Å². The maximum Gasteiger partial charge on any atom is 0.416 e. The van der Waals surface area contributed by atoms with Crippen molar-refractivity contribution in [1.29, 1.82) is 0 Å². The molecule has 0 radical (unpaired) electrons. The molecule has 0 saturated heterocycles. The van der Waals surface area contributed by atoms with Crippen LogP contribution in [0.2, 0.25) is 0 Å². The van der Waals surface area contributed by atoms with E-state index in [1.54, 1.807) is 0 Å². The van der Waals surface area contributed by atoms with Crippen molar-refractivity contribution in [3.63, 3.8) is 0 Å². The van der Waals surface area contributed by atoms with E-state index >= 15 is 0 Å². The Morgan fingerprint density at radius 3 is 2.35 bits per heavy atom. The number of alkyl halides is 3. The summed E-state index contributed by atoms with van der Waals surface area (Å²) in [5.41, 5.74) is 7.44. The molecule has 0 spiro atoms. The van der Waals surface area contributed by atoms with Crippen LogP contribution in [0.5, 0.6) is 0 Å². The van der Waals surface area contributed by atoms with Crippen LogP contribution >= 0.6 is 0 Å². The number of hydrogen-bond donors (Lipinski definition) is 2. The van der Waals surface area contributed by atoms with Gasteiger partial charge < -0.3 is 15.8 Å². The number of nitrogens with one attached hydrogen (secondary N) is 1. The topological polar surface area (TPSA) is 64.3 Å². The summed E-state index contributed by atoms with van der Waals surface area (Å²) in [6.45, 7) is 1.85. The van der Waals surface area contributed by atoms with E-state index in [4.69, 9.17) is 5.73 Å². The van der Waals surface area contributed by atoms with Gasteiger partial charge in [0, 0.05) is 18.2 Å². The minimum Gasteiger partial charge on any atom is -0.468 e. The number of halogens is 3. The van der Waals surface area contributed by atoms with E-state index < -0.39 is 23.8 Å². The molecule has 2 atom stereocenters. The maximum atomic E-state index is 12.7. The highest BCUT2D eigenvalue weighted by molar-refractivity contribution is 5.76. The van der Waals surface area contributed by atoms with Gasteiger partial charge in [0.2, 0.25) is 0 Å². The zero-order chi connectivity index (χ0) is 19.3. The number of anilines is 1. The van der Waals surface area contributed by atoms with E-state index in [9.17, 15) is 18.0 Å². The van der Waals surface area contributed by atoms with Crippen molar-refractivity contribution in [2.75, 3.05) is 12.4 Å². The third-order valence-corrected chi connectivity index (χ3v) is 4.07. The van der Waals surface area contributed by atoms with Gasteiger partial charge in [0.25, 0.3) is 0 Å². The number of rotatable bonds is 6. The van der Waals surface area contributed by atoms with E-state index in [1.807, 2.05) is 31.2 Å². The predicted octanol–water partition coefficient (Wildman–Crippen LogP) is 3.92. The molecule has 0 heterocycles. The standard InChI is InChI=1S/C19H21F3N2O2/c1-12(13-7-9-15(10-8-13)19(20,21)22)24-17-6-4-3-5-14(17)11-16(23)18(25)26-2/h3-10,12,16,24H,11,23H2,1-2H3/t12?,16-/m0/s1. The lowest BCUT2D eigenvalue weighted by Crippen LogP contribution is -2.33. The maximum absolute atomic E-state index is 12.7. The van der Waals surface area contributed by atoms with Crippen LogP contribution < -0.4 is 11.1 Å². The first kappa shape index (κ1) is 19.8. The van der Waals surface area contributed by atoms with E-state index in [0.29, 0.717) is 5.56 Å². The summed E-state index contributed by atoms with van der Waals surface area (Å²) in [4.78, 5) is 11.5. The van der Waals surface area contributed by atoms with Crippen LogP contribution in [-0.2, 0) is 22.1 Å². The Balaban J connectivity index is 2.14. The third-order valence-electron chi connectivity index (χ3n) is 4.07. The van der Waals surface area contributed by atoms with E-state index in [1.165, 1.54) is 19.2 Å². The first-order valence-corrected chi connectivity index (χ1v) is 8.07. The van der Waals surface area contributed by atoms with Crippen molar-refractivity contribution in [2.45, 2.75) is 31.6 Å². The molecule has 2 aromatic carbocycles. The van der Waals surface area contributed by atoms with Crippen molar-refractivity contribution < 1.29 is 22.7 Å². The van der Waals surface area contributed by atoms with Gasteiger partial charge in [-0.05, 0) is 36.2 Å². The molecule has 0 saturated carbocycles. The largest absolute Gasteiger partial charge is 0.468 e. The number of nitrogens with two attached hydrogens (primary N) is 1. The zero-order valence-corrected chi connectivity index (χ0v) is 14.5. The normalized spacial score (nSPS) is 13.8. The Kier molecular flexibility index (Phi) is 6.26. The highest BCUT2D eigenvalue weighted by Crippen LogP contribution is 2.30. The monoisotopic (exact) mass is 366 g/mol. The van der Waals surface area contributed by atoms with Crippen molar-refractivity contribution in [2.24, 2.45) is 5.73 Å². The Labute approximate surface area is 150 Å². The number of carbonyl (C=O) groups excluding carboxylic acids is 1. The van der Waals surface area contributed by atoms with Gasteiger partial charge in [0.05, 0.1) is 12.7 Å². The number of hydrogen-bond acceptors (Lipinski definition) is 4. The van der Waals surface area contributed by atoms with Gasteiger partial charge in [-0.25, -0.2) is 0 Å². The molecule has 2 rings (SSSR count). The number of methoxy groups -OCH3 is 1. The van der Waals surface area contributed by atoms with E-state index in [2.05, 4.69) is 10.1 Å². The lowest BCUT2D eigenvalue weighted by atomic mass is 10.0. The lowest BCUT2D eigenvalue weighted by Gasteiger charge is -2.20. The number of carbonyl (C=O) groups is 1. The summed E-state index contributed by atoms with van der Waals surface area (Å²) >= 11 is 0. The summed E-state index contributed by atoms with van der Waals surface area (Å²) in [7, 11) is 1.28. The number of para-hydroxylation sites is 1. The summed E-state index contributed by atoms with van der Waals surface area (Å²) in [6, 6.07) is 11.3. The van der Waals surface area contributed by atoms with Crippen molar-refractivity contribution >= 4 is 11.7 Å². The van der Waals surface area contributed by atoms with Crippen LogP contribution in [0, 0.1) is 0 Å².